The Morgan fingerprint density at radius 3 is 2.52 bits per heavy atom. The lowest BCUT2D eigenvalue weighted by Gasteiger charge is -2.03. The zero-order valence-corrected chi connectivity index (χ0v) is 14.1. The molecule has 21 heavy (non-hydrogen) atoms. The summed E-state index contributed by atoms with van der Waals surface area (Å²) in [7, 11) is 0. The highest BCUT2D eigenvalue weighted by molar-refractivity contribution is 7.17. The molecule has 0 fully saturated rings. The van der Waals surface area contributed by atoms with E-state index in [1.54, 1.807) is 0 Å². The van der Waals surface area contributed by atoms with Crippen LogP contribution in [-0.2, 0) is 0 Å². The Balaban J connectivity index is 0.00000220. The second-order valence-corrected chi connectivity index (χ2v) is 5.80. The maximum absolute atomic E-state index is 12.0. The Labute approximate surface area is 140 Å². The molecular weight excluding hydrogens is 327 g/mol. The van der Waals surface area contributed by atoms with Crippen molar-refractivity contribution in [2.75, 3.05) is 19.6 Å². The molecule has 0 saturated heterocycles. The van der Waals surface area contributed by atoms with E-state index in [1.807, 2.05) is 43.3 Å². The van der Waals surface area contributed by atoms with E-state index in [4.69, 9.17) is 11.6 Å². The molecule has 6 heteroatoms. The van der Waals surface area contributed by atoms with Crippen molar-refractivity contribution in [1.82, 2.24) is 10.6 Å². The lowest BCUT2D eigenvalue weighted by molar-refractivity contribution is 0.0958. The smallest absolute Gasteiger partial charge is 0.261 e. The van der Waals surface area contributed by atoms with Gasteiger partial charge >= 0.3 is 0 Å². The first-order valence-corrected chi connectivity index (χ1v) is 7.75. The summed E-state index contributed by atoms with van der Waals surface area (Å²) >= 11 is 7.36. The zero-order valence-electron chi connectivity index (χ0n) is 11.7. The van der Waals surface area contributed by atoms with E-state index in [2.05, 4.69) is 10.6 Å². The Bertz CT molecular complexity index is 569. The van der Waals surface area contributed by atoms with Crippen LogP contribution in [0.1, 0.15) is 16.6 Å². The number of rotatable bonds is 6. The van der Waals surface area contributed by atoms with Crippen molar-refractivity contribution >= 4 is 41.3 Å². The largest absolute Gasteiger partial charge is 0.350 e. The predicted octanol–water partition coefficient (Wildman–Crippen LogP) is 3.83. The predicted molar refractivity (Wildman–Crippen MR) is 92.9 cm³/mol. The van der Waals surface area contributed by atoms with Crippen molar-refractivity contribution in [3.8, 4) is 10.4 Å². The summed E-state index contributed by atoms with van der Waals surface area (Å²) in [4.78, 5) is 13.8. The molecule has 0 unspecified atom stereocenters. The van der Waals surface area contributed by atoms with E-state index < -0.39 is 0 Å². The molecule has 3 nitrogen and oxygen atoms in total. The standard InChI is InChI=1S/C15H17ClN2OS.ClH/c1-2-17-9-10-18-15(19)14-8-7-13(20-14)11-3-5-12(16)6-4-11;/h3-8,17H,2,9-10H2,1H3,(H,18,19);1H. The van der Waals surface area contributed by atoms with Crippen molar-refractivity contribution in [1.29, 1.82) is 0 Å². The van der Waals surface area contributed by atoms with E-state index in [-0.39, 0.29) is 18.3 Å². The molecule has 114 valence electrons. The normalized spacial score (nSPS) is 10.0. The van der Waals surface area contributed by atoms with Crippen LogP contribution in [0.15, 0.2) is 36.4 Å². The monoisotopic (exact) mass is 344 g/mol. The van der Waals surface area contributed by atoms with Gasteiger partial charge in [0.25, 0.3) is 5.91 Å². The van der Waals surface area contributed by atoms with E-state index in [1.165, 1.54) is 11.3 Å². The number of halogens is 2. The molecule has 0 aliphatic heterocycles. The maximum Gasteiger partial charge on any atom is 0.261 e. The van der Waals surface area contributed by atoms with Gasteiger partial charge in [-0.25, -0.2) is 0 Å². The Kier molecular flexibility index (Phi) is 7.75. The number of nitrogens with one attached hydrogen (secondary N) is 2. The molecule has 0 atom stereocenters. The molecule has 0 aliphatic rings. The van der Waals surface area contributed by atoms with Crippen molar-refractivity contribution in [3.63, 3.8) is 0 Å². The lowest BCUT2D eigenvalue weighted by Crippen LogP contribution is -2.31. The minimum Gasteiger partial charge on any atom is -0.350 e. The van der Waals surface area contributed by atoms with Crippen LogP contribution in [0, 0.1) is 0 Å². The van der Waals surface area contributed by atoms with Gasteiger partial charge in [-0.1, -0.05) is 30.7 Å². The first-order chi connectivity index (χ1) is 9.70. The fourth-order valence-corrected chi connectivity index (χ4v) is 2.81. The van der Waals surface area contributed by atoms with Crippen LogP contribution in [0.2, 0.25) is 5.02 Å². The molecular formula is C15H18Cl2N2OS. The summed E-state index contributed by atoms with van der Waals surface area (Å²) in [6.45, 7) is 4.38. The van der Waals surface area contributed by atoms with Crippen LogP contribution in [0.25, 0.3) is 10.4 Å². The van der Waals surface area contributed by atoms with Crippen molar-refractivity contribution in [2.24, 2.45) is 0 Å². The number of hydrogen-bond donors (Lipinski definition) is 2. The average Bonchev–Trinajstić information content (AvgIpc) is 2.94. The third-order valence-corrected chi connectivity index (χ3v) is 4.18. The minimum atomic E-state index is -0.0203. The number of thiophene rings is 1. The molecule has 0 aliphatic carbocycles. The highest BCUT2D eigenvalue weighted by Crippen LogP contribution is 2.28. The summed E-state index contributed by atoms with van der Waals surface area (Å²) in [5, 5.41) is 6.78. The molecule has 0 bridgehead atoms. The Morgan fingerprint density at radius 2 is 1.86 bits per heavy atom. The van der Waals surface area contributed by atoms with Crippen molar-refractivity contribution in [2.45, 2.75) is 6.92 Å². The molecule has 2 rings (SSSR count). The van der Waals surface area contributed by atoms with Gasteiger partial charge < -0.3 is 10.6 Å². The van der Waals surface area contributed by atoms with Crippen molar-refractivity contribution < 1.29 is 4.79 Å². The third-order valence-electron chi connectivity index (χ3n) is 2.80. The van der Waals surface area contributed by atoms with Crippen LogP contribution in [-0.4, -0.2) is 25.5 Å². The minimum absolute atomic E-state index is 0. The van der Waals surface area contributed by atoms with Crippen LogP contribution in [0.4, 0.5) is 0 Å². The van der Waals surface area contributed by atoms with Gasteiger partial charge in [0.2, 0.25) is 0 Å². The highest BCUT2D eigenvalue weighted by atomic mass is 35.5. The highest BCUT2D eigenvalue weighted by Gasteiger charge is 2.09. The second kappa shape index (κ2) is 9.05. The number of benzene rings is 1. The molecule has 2 N–H and O–H groups in total. The fraction of sp³-hybridized carbons (Fsp3) is 0.267. The molecule has 0 radical (unpaired) electrons. The first kappa shape index (κ1) is 18.0. The zero-order chi connectivity index (χ0) is 14.4. The molecule has 1 heterocycles. The van der Waals surface area contributed by atoms with Gasteiger partial charge in [0.05, 0.1) is 4.88 Å². The van der Waals surface area contributed by atoms with Crippen LogP contribution < -0.4 is 10.6 Å². The quantitative estimate of drug-likeness (QED) is 0.782. The summed E-state index contributed by atoms with van der Waals surface area (Å²) in [6.07, 6.45) is 0. The molecule has 2 aromatic rings. The maximum atomic E-state index is 12.0. The number of carbonyl (C=O) groups is 1. The van der Waals surface area contributed by atoms with Gasteiger partial charge in [0.15, 0.2) is 0 Å². The van der Waals surface area contributed by atoms with Gasteiger partial charge in [-0.2, -0.15) is 0 Å². The van der Waals surface area contributed by atoms with E-state index in [0.29, 0.717) is 11.6 Å². The topological polar surface area (TPSA) is 41.1 Å². The van der Waals surface area contributed by atoms with Crippen LogP contribution in [0.5, 0.6) is 0 Å². The second-order valence-electron chi connectivity index (χ2n) is 4.28. The lowest BCUT2D eigenvalue weighted by atomic mass is 10.2. The van der Waals surface area contributed by atoms with Crippen molar-refractivity contribution in [3.05, 3.63) is 46.3 Å². The number of carbonyl (C=O) groups excluding carboxylic acids is 1. The summed E-state index contributed by atoms with van der Waals surface area (Å²) < 4.78 is 0. The first-order valence-electron chi connectivity index (χ1n) is 6.55. The van der Waals surface area contributed by atoms with E-state index in [9.17, 15) is 4.79 Å². The van der Waals surface area contributed by atoms with Gasteiger partial charge in [-0.3, -0.25) is 4.79 Å². The van der Waals surface area contributed by atoms with Gasteiger partial charge in [-0.15, -0.1) is 23.7 Å². The van der Waals surface area contributed by atoms with Crippen LogP contribution in [0.3, 0.4) is 0 Å². The SMILES string of the molecule is CCNCCNC(=O)c1ccc(-c2ccc(Cl)cc2)s1.Cl. The van der Waals surface area contributed by atoms with Gasteiger partial charge in [0.1, 0.15) is 0 Å². The average molecular weight is 345 g/mol. The summed E-state index contributed by atoms with van der Waals surface area (Å²) in [6, 6.07) is 11.5. The summed E-state index contributed by atoms with van der Waals surface area (Å²) in [5.41, 5.74) is 1.08. The Hall–Kier alpha value is -1.07. The molecule has 1 aromatic heterocycles. The van der Waals surface area contributed by atoms with E-state index >= 15 is 0 Å². The number of hydrogen-bond acceptors (Lipinski definition) is 3. The number of amides is 1. The van der Waals surface area contributed by atoms with Crippen LogP contribution >= 0.6 is 35.3 Å². The molecule has 0 spiro atoms. The number of likely N-dealkylation sites (N-methyl/N-ethyl adjacent to an activating group) is 1. The molecule has 0 saturated carbocycles. The summed E-state index contributed by atoms with van der Waals surface area (Å²) in [5.74, 6) is -0.0203. The molecule has 1 aromatic carbocycles. The molecule has 1 amide bonds. The van der Waals surface area contributed by atoms with Gasteiger partial charge in [-0.05, 0) is 36.4 Å². The third kappa shape index (κ3) is 5.32. The van der Waals surface area contributed by atoms with E-state index in [0.717, 1.165) is 28.4 Å². The Morgan fingerprint density at radius 1 is 1.14 bits per heavy atom. The fourth-order valence-electron chi connectivity index (χ4n) is 1.76. The van der Waals surface area contributed by atoms with Gasteiger partial charge in [0, 0.05) is 23.0 Å².